The molecule has 0 atom stereocenters. The van der Waals surface area contributed by atoms with E-state index in [4.69, 9.17) is 11.6 Å². The van der Waals surface area contributed by atoms with Gasteiger partial charge in [0.2, 0.25) is 0 Å². The molecule has 0 aliphatic rings. The fraction of sp³-hybridized carbons (Fsp3) is 0.333. The summed E-state index contributed by atoms with van der Waals surface area (Å²) in [6.07, 6.45) is 3.50. The molecule has 0 saturated heterocycles. The Morgan fingerprint density at radius 2 is 2.09 bits per heavy atom. The van der Waals surface area contributed by atoms with Gasteiger partial charge >= 0.3 is 0 Å². The van der Waals surface area contributed by atoms with Crippen LogP contribution in [0.2, 0.25) is 5.15 Å². The molecule has 0 amide bonds. The van der Waals surface area contributed by atoms with Crippen LogP contribution in [0.3, 0.4) is 0 Å². The van der Waals surface area contributed by atoms with Gasteiger partial charge in [-0.15, -0.1) is 10.2 Å². The van der Waals surface area contributed by atoms with Crippen LogP contribution in [0.5, 0.6) is 0 Å². The second-order valence-electron chi connectivity index (χ2n) is 4.96. The third-order valence-electron chi connectivity index (χ3n) is 3.45. The lowest BCUT2D eigenvalue weighted by atomic mass is 10.2. The number of halogens is 1. The Balaban J connectivity index is 1.73. The number of pyridine rings is 1. The quantitative estimate of drug-likeness (QED) is 0.733. The fourth-order valence-electron chi connectivity index (χ4n) is 2.38. The summed E-state index contributed by atoms with van der Waals surface area (Å²) in [5, 5.41) is 12.2. The minimum Gasteiger partial charge on any atom is -0.369 e. The minimum atomic E-state index is 0.519. The van der Waals surface area contributed by atoms with Crippen molar-refractivity contribution in [2.24, 2.45) is 0 Å². The first kappa shape index (κ1) is 14.7. The molecule has 0 fully saturated rings. The summed E-state index contributed by atoms with van der Waals surface area (Å²) in [5.41, 5.74) is 1.80. The molecule has 0 saturated carbocycles. The summed E-state index contributed by atoms with van der Waals surface area (Å²) in [4.78, 5) is 8.63. The van der Waals surface area contributed by atoms with Crippen molar-refractivity contribution in [1.29, 1.82) is 0 Å². The number of aromatic nitrogens is 5. The van der Waals surface area contributed by atoms with Crippen LogP contribution in [-0.4, -0.2) is 31.1 Å². The highest BCUT2D eigenvalue weighted by molar-refractivity contribution is 6.30. The second kappa shape index (κ2) is 6.27. The lowest BCUT2D eigenvalue weighted by Crippen LogP contribution is -2.12. The molecule has 114 valence electrons. The van der Waals surface area contributed by atoms with E-state index >= 15 is 0 Å². The molecule has 0 unspecified atom stereocenters. The molecule has 0 aromatic carbocycles. The zero-order chi connectivity index (χ0) is 15.5. The number of rotatable bonds is 5. The van der Waals surface area contributed by atoms with Crippen LogP contribution in [0.15, 0.2) is 24.4 Å². The second-order valence-corrected chi connectivity index (χ2v) is 5.32. The highest BCUT2D eigenvalue weighted by Gasteiger charge is 2.10. The molecular weight excluding hydrogens is 300 g/mol. The monoisotopic (exact) mass is 316 g/mol. The number of nitrogens with zero attached hydrogens (tertiary/aromatic N) is 5. The van der Waals surface area contributed by atoms with Crippen molar-refractivity contribution in [3.63, 3.8) is 0 Å². The van der Waals surface area contributed by atoms with E-state index in [1.165, 1.54) is 0 Å². The summed E-state index contributed by atoms with van der Waals surface area (Å²) in [7, 11) is 0. The van der Waals surface area contributed by atoms with Gasteiger partial charge in [-0.05, 0) is 25.5 Å². The molecule has 3 aromatic rings. The molecule has 0 bridgehead atoms. The topological polar surface area (TPSA) is 68.0 Å². The molecule has 0 radical (unpaired) electrons. The zero-order valence-electron chi connectivity index (χ0n) is 12.5. The maximum absolute atomic E-state index is 6.17. The van der Waals surface area contributed by atoms with E-state index < -0.39 is 0 Å². The van der Waals surface area contributed by atoms with E-state index in [1.807, 2.05) is 42.6 Å². The largest absolute Gasteiger partial charge is 0.369 e. The van der Waals surface area contributed by atoms with Gasteiger partial charge in [-0.25, -0.2) is 9.97 Å². The van der Waals surface area contributed by atoms with Crippen molar-refractivity contribution in [3.05, 3.63) is 46.8 Å². The van der Waals surface area contributed by atoms with Crippen molar-refractivity contribution in [2.45, 2.75) is 26.7 Å². The first-order valence-electron chi connectivity index (χ1n) is 7.24. The summed E-state index contributed by atoms with van der Waals surface area (Å²) >= 11 is 6.17. The Hall–Kier alpha value is -2.21. The van der Waals surface area contributed by atoms with E-state index in [0.29, 0.717) is 17.5 Å². The van der Waals surface area contributed by atoms with Crippen LogP contribution >= 0.6 is 11.6 Å². The maximum Gasteiger partial charge on any atom is 0.160 e. The summed E-state index contributed by atoms with van der Waals surface area (Å²) < 4.78 is 1.99. The maximum atomic E-state index is 6.17. The normalized spacial score (nSPS) is 11.0. The molecule has 7 heteroatoms. The lowest BCUT2D eigenvalue weighted by molar-refractivity contribution is 0.861. The number of nitrogens with one attached hydrogen (secondary N) is 1. The third-order valence-corrected chi connectivity index (χ3v) is 3.76. The van der Waals surface area contributed by atoms with Gasteiger partial charge in [0, 0.05) is 24.7 Å². The average molecular weight is 317 g/mol. The predicted molar refractivity (Wildman–Crippen MR) is 86.3 cm³/mol. The fourth-order valence-corrected chi connectivity index (χ4v) is 2.72. The number of hydrogen-bond acceptors (Lipinski definition) is 5. The molecule has 1 N–H and O–H groups in total. The van der Waals surface area contributed by atoms with E-state index in [9.17, 15) is 0 Å². The number of anilines is 1. The molecular formula is C15H17ClN6. The van der Waals surface area contributed by atoms with Gasteiger partial charge in [-0.1, -0.05) is 24.6 Å². The Kier molecular flexibility index (Phi) is 4.20. The number of aryl methyl sites for hydroxylation is 1. The van der Waals surface area contributed by atoms with Crippen molar-refractivity contribution >= 4 is 23.1 Å². The molecule has 0 aliphatic heterocycles. The standard InChI is InChI=1S/C15H17ClN6/c1-3-11-14(16)18-10(2)19-15(11)17-8-7-13-21-20-12-6-4-5-9-22(12)13/h4-6,9H,3,7-8H2,1-2H3,(H,17,18,19). The van der Waals surface area contributed by atoms with Crippen LogP contribution in [0.25, 0.3) is 5.65 Å². The molecule has 0 aliphatic carbocycles. The predicted octanol–water partition coefficient (Wildman–Crippen LogP) is 2.70. The Labute approximate surface area is 133 Å². The highest BCUT2D eigenvalue weighted by atomic mass is 35.5. The summed E-state index contributed by atoms with van der Waals surface area (Å²) in [5.74, 6) is 2.38. The van der Waals surface area contributed by atoms with Gasteiger partial charge in [0.1, 0.15) is 22.6 Å². The number of hydrogen-bond donors (Lipinski definition) is 1. The first-order chi connectivity index (χ1) is 10.7. The van der Waals surface area contributed by atoms with E-state index in [2.05, 4.69) is 25.5 Å². The van der Waals surface area contributed by atoms with Crippen molar-refractivity contribution in [3.8, 4) is 0 Å². The van der Waals surface area contributed by atoms with E-state index in [-0.39, 0.29) is 0 Å². The Morgan fingerprint density at radius 1 is 1.23 bits per heavy atom. The Bertz CT molecular complexity index is 798. The van der Waals surface area contributed by atoms with Gasteiger partial charge in [-0.2, -0.15) is 0 Å². The van der Waals surface area contributed by atoms with Crippen LogP contribution in [-0.2, 0) is 12.8 Å². The summed E-state index contributed by atoms with van der Waals surface area (Å²) in [6.45, 7) is 4.58. The molecule has 0 spiro atoms. The first-order valence-corrected chi connectivity index (χ1v) is 7.62. The van der Waals surface area contributed by atoms with Gasteiger partial charge in [-0.3, -0.25) is 4.40 Å². The van der Waals surface area contributed by atoms with Gasteiger partial charge in [0.15, 0.2) is 5.65 Å². The third kappa shape index (κ3) is 2.87. The molecule has 6 nitrogen and oxygen atoms in total. The van der Waals surface area contributed by atoms with Crippen LogP contribution in [0.4, 0.5) is 5.82 Å². The van der Waals surface area contributed by atoms with Gasteiger partial charge < -0.3 is 5.32 Å². The molecule has 3 aromatic heterocycles. The molecule has 3 rings (SSSR count). The lowest BCUT2D eigenvalue weighted by Gasteiger charge is -2.11. The van der Waals surface area contributed by atoms with Crippen molar-refractivity contribution in [1.82, 2.24) is 24.6 Å². The SMILES string of the molecule is CCc1c(Cl)nc(C)nc1NCCc1nnc2ccccn12. The van der Waals surface area contributed by atoms with Crippen LogP contribution in [0, 0.1) is 6.92 Å². The summed E-state index contributed by atoms with van der Waals surface area (Å²) in [6, 6.07) is 5.86. The molecule has 22 heavy (non-hydrogen) atoms. The molecule has 3 heterocycles. The highest BCUT2D eigenvalue weighted by Crippen LogP contribution is 2.21. The van der Waals surface area contributed by atoms with E-state index in [0.717, 1.165) is 35.7 Å². The average Bonchev–Trinajstić information content (AvgIpc) is 2.90. The van der Waals surface area contributed by atoms with E-state index in [1.54, 1.807) is 0 Å². The number of fused-ring (bicyclic) bond motifs is 1. The van der Waals surface area contributed by atoms with Gasteiger partial charge in [0.05, 0.1) is 0 Å². The van der Waals surface area contributed by atoms with Crippen molar-refractivity contribution < 1.29 is 0 Å². The Morgan fingerprint density at radius 3 is 2.91 bits per heavy atom. The minimum absolute atomic E-state index is 0.519. The zero-order valence-corrected chi connectivity index (χ0v) is 13.3. The smallest absolute Gasteiger partial charge is 0.160 e. The van der Waals surface area contributed by atoms with Crippen LogP contribution in [0.1, 0.15) is 24.1 Å². The van der Waals surface area contributed by atoms with Gasteiger partial charge in [0.25, 0.3) is 0 Å². The van der Waals surface area contributed by atoms with Crippen LogP contribution < -0.4 is 5.32 Å². The van der Waals surface area contributed by atoms with Crippen molar-refractivity contribution in [2.75, 3.05) is 11.9 Å².